The number of rotatable bonds is 50. The Bertz CT molecular complexity index is 951. The highest BCUT2D eigenvalue weighted by Crippen LogP contribution is 2.19. The van der Waals surface area contributed by atoms with Crippen LogP contribution < -0.4 is 0 Å². The monoisotopic (exact) mass is 877 g/mol. The maximum Gasteiger partial charge on any atom is 0.306 e. The summed E-state index contributed by atoms with van der Waals surface area (Å²) in [5.41, 5.74) is 0. The molecule has 0 aliphatic carbocycles. The summed E-state index contributed by atoms with van der Waals surface area (Å²) in [6.07, 6.45) is 50.9. The zero-order valence-electron chi connectivity index (χ0n) is 42.5. The number of hydrogen-bond acceptors (Lipinski definition) is 6. The normalized spacial score (nSPS) is 12.9. The molecule has 3 atom stereocenters. The van der Waals surface area contributed by atoms with Gasteiger partial charge in [0.15, 0.2) is 6.10 Å². The molecule has 0 radical (unpaired) electrons. The van der Waals surface area contributed by atoms with Gasteiger partial charge < -0.3 is 14.2 Å². The van der Waals surface area contributed by atoms with Gasteiger partial charge in [-0.1, -0.05) is 272 Å². The lowest BCUT2D eigenvalue weighted by atomic mass is 9.99. The van der Waals surface area contributed by atoms with Crippen molar-refractivity contribution >= 4 is 17.9 Å². The van der Waals surface area contributed by atoms with Crippen LogP contribution in [0.3, 0.4) is 0 Å². The highest BCUT2D eigenvalue weighted by Gasteiger charge is 2.19. The molecule has 0 aromatic carbocycles. The van der Waals surface area contributed by atoms with Gasteiger partial charge in [0.05, 0.1) is 0 Å². The van der Waals surface area contributed by atoms with Crippen molar-refractivity contribution in [3.8, 4) is 0 Å². The first kappa shape index (κ1) is 60.4. The number of unbranched alkanes of at least 4 members (excludes halogenated alkanes) is 33. The third kappa shape index (κ3) is 46.4. The van der Waals surface area contributed by atoms with Gasteiger partial charge in [0.25, 0.3) is 0 Å². The molecule has 6 heteroatoms. The van der Waals surface area contributed by atoms with Crippen molar-refractivity contribution in [3.63, 3.8) is 0 Å². The van der Waals surface area contributed by atoms with E-state index in [1.807, 2.05) is 0 Å². The Kier molecular flexibility index (Phi) is 47.6. The first-order valence-corrected chi connectivity index (χ1v) is 27.8. The molecule has 0 saturated carbocycles. The largest absolute Gasteiger partial charge is 0.462 e. The minimum atomic E-state index is -0.762. The van der Waals surface area contributed by atoms with Crippen LogP contribution in [0.2, 0.25) is 0 Å². The zero-order chi connectivity index (χ0) is 45.4. The van der Waals surface area contributed by atoms with E-state index in [1.54, 1.807) is 0 Å². The topological polar surface area (TPSA) is 78.9 Å². The van der Waals surface area contributed by atoms with E-state index in [0.29, 0.717) is 19.3 Å². The predicted molar refractivity (Wildman–Crippen MR) is 266 cm³/mol. The summed E-state index contributed by atoms with van der Waals surface area (Å²) in [6.45, 7) is 11.4. The Balaban J connectivity index is 4.18. The Morgan fingerprint density at radius 3 is 0.839 bits per heavy atom. The highest BCUT2D eigenvalue weighted by molar-refractivity contribution is 5.71. The summed E-state index contributed by atoms with van der Waals surface area (Å²) in [6, 6.07) is 0. The predicted octanol–water partition coefficient (Wildman–Crippen LogP) is 18.1. The van der Waals surface area contributed by atoms with Crippen LogP contribution in [-0.4, -0.2) is 37.2 Å². The maximum absolute atomic E-state index is 12.8. The quantitative estimate of drug-likeness (QED) is 0.0344. The van der Waals surface area contributed by atoms with E-state index in [-0.39, 0.29) is 31.1 Å². The SMILES string of the molecule is CCCCCCCCCCCCC(=O)OC[C@@H](COC(=O)CCCCCCCCCCCCCCCCCCCCC(C)CC)OC(=O)CCCCCCCCCCC(C)CC. The lowest BCUT2D eigenvalue weighted by Gasteiger charge is -2.18. The molecule has 6 nitrogen and oxygen atoms in total. The van der Waals surface area contributed by atoms with E-state index in [1.165, 1.54) is 199 Å². The molecule has 0 amide bonds. The van der Waals surface area contributed by atoms with Crippen molar-refractivity contribution in [2.75, 3.05) is 13.2 Å². The van der Waals surface area contributed by atoms with Crippen molar-refractivity contribution in [1.82, 2.24) is 0 Å². The second-order valence-corrected chi connectivity index (χ2v) is 19.7. The van der Waals surface area contributed by atoms with Crippen molar-refractivity contribution in [2.24, 2.45) is 11.8 Å². The maximum atomic E-state index is 12.8. The van der Waals surface area contributed by atoms with Crippen LogP contribution in [0.5, 0.6) is 0 Å². The smallest absolute Gasteiger partial charge is 0.306 e. The average Bonchev–Trinajstić information content (AvgIpc) is 3.27. The molecule has 0 aromatic rings. The van der Waals surface area contributed by atoms with Crippen molar-refractivity contribution in [1.29, 1.82) is 0 Å². The number of esters is 3. The number of carbonyl (C=O) groups excluding carboxylic acids is 3. The third-order valence-electron chi connectivity index (χ3n) is 13.4. The molecule has 0 saturated heterocycles. The van der Waals surface area contributed by atoms with Gasteiger partial charge in [-0.3, -0.25) is 14.4 Å². The standard InChI is InChI=1S/C56H108O6/c1-6-9-10-11-12-13-25-31-36-41-46-54(57)60-49-53(62-56(59)48-43-38-33-28-27-30-35-40-45-52(5)8-3)50-61-55(58)47-42-37-32-26-23-21-19-17-15-14-16-18-20-22-24-29-34-39-44-51(4)7-2/h51-53H,6-50H2,1-5H3/t51?,52?,53-/m0/s1. The van der Waals surface area contributed by atoms with Crippen LogP contribution >= 0.6 is 0 Å². The van der Waals surface area contributed by atoms with E-state index < -0.39 is 6.10 Å². The summed E-state index contributed by atoms with van der Waals surface area (Å²) in [5.74, 6) is 0.907. The van der Waals surface area contributed by atoms with Gasteiger partial charge >= 0.3 is 17.9 Å². The molecule has 0 aromatic heterocycles. The third-order valence-corrected chi connectivity index (χ3v) is 13.4. The molecule has 368 valence electrons. The van der Waals surface area contributed by atoms with Crippen LogP contribution in [0.4, 0.5) is 0 Å². The second-order valence-electron chi connectivity index (χ2n) is 19.7. The van der Waals surface area contributed by atoms with E-state index in [2.05, 4.69) is 34.6 Å². The van der Waals surface area contributed by atoms with Gasteiger partial charge in [-0.2, -0.15) is 0 Å². The summed E-state index contributed by atoms with van der Waals surface area (Å²) in [5, 5.41) is 0. The van der Waals surface area contributed by atoms with Crippen molar-refractivity contribution in [2.45, 2.75) is 317 Å². The van der Waals surface area contributed by atoms with Gasteiger partial charge in [0.1, 0.15) is 13.2 Å². The van der Waals surface area contributed by atoms with Gasteiger partial charge in [0, 0.05) is 19.3 Å². The van der Waals surface area contributed by atoms with Gasteiger partial charge in [-0.05, 0) is 31.1 Å². The fourth-order valence-electron chi connectivity index (χ4n) is 8.46. The van der Waals surface area contributed by atoms with Crippen LogP contribution in [-0.2, 0) is 28.6 Å². The fourth-order valence-corrected chi connectivity index (χ4v) is 8.46. The first-order chi connectivity index (χ1) is 30.3. The molecule has 0 bridgehead atoms. The summed E-state index contributed by atoms with van der Waals surface area (Å²) in [4.78, 5) is 38.0. The number of carbonyl (C=O) groups is 3. The minimum Gasteiger partial charge on any atom is -0.462 e. The molecule has 0 fully saturated rings. The molecule has 0 aliphatic heterocycles. The lowest BCUT2D eigenvalue weighted by molar-refractivity contribution is -0.167. The van der Waals surface area contributed by atoms with Crippen molar-refractivity contribution in [3.05, 3.63) is 0 Å². The molecule has 0 N–H and O–H groups in total. The summed E-state index contributed by atoms with van der Waals surface area (Å²) in [7, 11) is 0. The molecular formula is C56H108O6. The number of hydrogen-bond donors (Lipinski definition) is 0. The highest BCUT2D eigenvalue weighted by atomic mass is 16.6. The fraction of sp³-hybridized carbons (Fsp3) is 0.946. The van der Waals surface area contributed by atoms with E-state index in [4.69, 9.17) is 14.2 Å². The van der Waals surface area contributed by atoms with Crippen LogP contribution in [0.15, 0.2) is 0 Å². The molecule has 0 spiro atoms. The Morgan fingerprint density at radius 1 is 0.323 bits per heavy atom. The molecule has 0 rings (SSSR count). The van der Waals surface area contributed by atoms with E-state index >= 15 is 0 Å². The van der Waals surface area contributed by atoms with Gasteiger partial charge in [0.2, 0.25) is 0 Å². The Hall–Kier alpha value is -1.59. The van der Waals surface area contributed by atoms with Gasteiger partial charge in [-0.25, -0.2) is 0 Å². The lowest BCUT2D eigenvalue weighted by Crippen LogP contribution is -2.30. The van der Waals surface area contributed by atoms with Crippen LogP contribution in [0, 0.1) is 11.8 Å². The van der Waals surface area contributed by atoms with Gasteiger partial charge in [-0.15, -0.1) is 0 Å². The molecule has 0 aliphatic rings. The Labute approximate surface area is 387 Å². The molecule has 62 heavy (non-hydrogen) atoms. The van der Waals surface area contributed by atoms with Crippen molar-refractivity contribution < 1.29 is 28.6 Å². The van der Waals surface area contributed by atoms with E-state index in [0.717, 1.165) is 69.6 Å². The summed E-state index contributed by atoms with van der Waals surface area (Å²) < 4.78 is 16.8. The zero-order valence-corrected chi connectivity index (χ0v) is 42.5. The molecule has 2 unspecified atom stereocenters. The summed E-state index contributed by atoms with van der Waals surface area (Å²) >= 11 is 0. The minimum absolute atomic E-state index is 0.0636. The second kappa shape index (κ2) is 48.9. The Morgan fingerprint density at radius 2 is 0.565 bits per heavy atom. The first-order valence-electron chi connectivity index (χ1n) is 27.8. The molecular weight excluding hydrogens is 769 g/mol. The van der Waals surface area contributed by atoms with E-state index in [9.17, 15) is 14.4 Å². The van der Waals surface area contributed by atoms with Crippen LogP contribution in [0.25, 0.3) is 0 Å². The number of ether oxygens (including phenoxy) is 3. The van der Waals surface area contributed by atoms with Crippen LogP contribution in [0.1, 0.15) is 311 Å². The average molecular weight is 877 g/mol. The molecule has 0 heterocycles.